The normalized spacial score (nSPS) is 9.16. The summed E-state index contributed by atoms with van der Waals surface area (Å²) in [5.41, 5.74) is 1.62. The highest BCUT2D eigenvalue weighted by Gasteiger charge is 2.08. The van der Waals surface area contributed by atoms with Gasteiger partial charge in [0.05, 0.1) is 23.3 Å². The van der Waals surface area contributed by atoms with Crippen molar-refractivity contribution in [2.75, 3.05) is 5.32 Å². The molecular formula is C14H8N4O. The van der Waals surface area contributed by atoms with E-state index in [-0.39, 0.29) is 5.69 Å². The minimum Gasteiger partial charge on any atom is -0.321 e. The molecule has 5 heteroatoms. The average molecular weight is 248 g/mol. The molecule has 5 nitrogen and oxygen atoms in total. The van der Waals surface area contributed by atoms with Gasteiger partial charge in [-0.3, -0.25) is 9.78 Å². The molecule has 0 atom stereocenters. The van der Waals surface area contributed by atoms with Crippen LogP contribution in [0.2, 0.25) is 0 Å². The van der Waals surface area contributed by atoms with E-state index in [4.69, 9.17) is 10.5 Å². The zero-order valence-corrected chi connectivity index (χ0v) is 9.79. The lowest BCUT2D eigenvalue weighted by molar-refractivity contribution is 0.102. The molecule has 0 aliphatic heterocycles. The Bertz CT molecular complexity index is 693. The van der Waals surface area contributed by atoms with E-state index < -0.39 is 5.91 Å². The number of aromatic nitrogens is 1. The molecular weight excluding hydrogens is 240 g/mol. The summed E-state index contributed by atoms with van der Waals surface area (Å²) in [5, 5.41) is 20.1. The number of pyridine rings is 1. The number of nitrogens with one attached hydrogen (secondary N) is 1. The van der Waals surface area contributed by atoms with E-state index in [1.807, 2.05) is 12.1 Å². The fourth-order valence-electron chi connectivity index (χ4n) is 1.45. The van der Waals surface area contributed by atoms with Crippen molar-refractivity contribution < 1.29 is 4.79 Å². The first kappa shape index (κ1) is 12.3. The number of amides is 1. The third-order valence-electron chi connectivity index (χ3n) is 2.39. The first-order valence-electron chi connectivity index (χ1n) is 5.40. The van der Waals surface area contributed by atoms with Crippen LogP contribution in [-0.4, -0.2) is 10.9 Å². The van der Waals surface area contributed by atoms with Gasteiger partial charge in [-0.15, -0.1) is 0 Å². The topological polar surface area (TPSA) is 89.6 Å². The molecule has 1 aromatic heterocycles. The molecule has 0 spiro atoms. The third-order valence-corrected chi connectivity index (χ3v) is 2.39. The molecule has 1 amide bonds. The molecule has 0 radical (unpaired) electrons. The average Bonchev–Trinajstić information content (AvgIpc) is 2.48. The van der Waals surface area contributed by atoms with Gasteiger partial charge in [-0.2, -0.15) is 10.5 Å². The van der Waals surface area contributed by atoms with Gasteiger partial charge < -0.3 is 5.32 Å². The van der Waals surface area contributed by atoms with Gasteiger partial charge in [0.15, 0.2) is 0 Å². The molecule has 0 saturated heterocycles. The fourth-order valence-corrected chi connectivity index (χ4v) is 1.45. The van der Waals surface area contributed by atoms with E-state index in [0.717, 1.165) is 0 Å². The largest absolute Gasteiger partial charge is 0.321 e. The number of carbonyl (C=O) groups is 1. The van der Waals surface area contributed by atoms with Crippen molar-refractivity contribution in [1.29, 1.82) is 10.5 Å². The van der Waals surface area contributed by atoms with E-state index in [2.05, 4.69) is 10.3 Å². The molecule has 2 aromatic rings. The summed E-state index contributed by atoms with van der Waals surface area (Å²) in [6, 6.07) is 13.4. The molecule has 1 heterocycles. The quantitative estimate of drug-likeness (QED) is 0.880. The molecule has 0 aliphatic rings. The van der Waals surface area contributed by atoms with Crippen molar-refractivity contribution in [3.05, 3.63) is 59.4 Å². The lowest BCUT2D eigenvalue weighted by atomic mass is 10.2. The lowest BCUT2D eigenvalue weighted by Crippen LogP contribution is -2.13. The van der Waals surface area contributed by atoms with Crippen molar-refractivity contribution in [3.63, 3.8) is 0 Å². The standard InChI is InChI=1S/C14H8N4O/c15-8-10-1-3-12(4-2-10)18-14(19)13-7-11(9-16)5-6-17-13/h1-7H,(H,18,19). The number of carbonyl (C=O) groups excluding carboxylic acids is 1. The van der Waals surface area contributed by atoms with Gasteiger partial charge in [-0.05, 0) is 36.4 Å². The monoisotopic (exact) mass is 248 g/mol. The van der Waals surface area contributed by atoms with Gasteiger partial charge in [-0.1, -0.05) is 0 Å². The SMILES string of the molecule is N#Cc1ccc(NC(=O)c2cc(C#N)ccn2)cc1. The minimum atomic E-state index is -0.401. The van der Waals surface area contributed by atoms with Crippen LogP contribution in [0, 0.1) is 22.7 Å². The summed E-state index contributed by atoms with van der Waals surface area (Å²) in [5.74, 6) is -0.401. The molecule has 0 bridgehead atoms. The maximum Gasteiger partial charge on any atom is 0.274 e. The highest BCUT2D eigenvalue weighted by molar-refractivity contribution is 6.03. The zero-order valence-electron chi connectivity index (χ0n) is 9.79. The number of hydrogen-bond donors (Lipinski definition) is 1. The lowest BCUT2D eigenvalue weighted by Gasteiger charge is -2.04. The van der Waals surface area contributed by atoms with Crippen LogP contribution < -0.4 is 5.32 Å². The van der Waals surface area contributed by atoms with Gasteiger partial charge in [0.1, 0.15) is 5.69 Å². The van der Waals surface area contributed by atoms with Crippen molar-refractivity contribution in [2.45, 2.75) is 0 Å². The Labute approximate surface area is 109 Å². The van der Waals surface area contributed by atoms with Crippen molar-refractivity contribution in [1.82, 2.24) is 4.98 Å². The molecule has 19 heavy (non-hydrogen) atoms. The minimum absolute atomic E-state index is 0.170. The second-order valence-corrected chi connectivity index (χ2v) is 3.68. The van der Waals surface area contributed by atoms with Crippen LogP contribution in [0.3, 0.4) is 0 Å². The second kappa shape index (κ2) is 5.44. The molecule has 0 saturated carbocycles. The van der Waals surface area contributed by atoms with Crippen LogP contribution in [0.15, 0.2) is 42.6 Å². The Kier molecular flexibility index (Phi) is 3.51. The first-order chi connectivity index (χ1) is 9.22. The Morgan fingerprint density at radius 2 is 1.74 bits per heavy atom. The Morgan fingerprint density at radius 3 is 2.37 bits per heavy atom. The van der Waals surface area contributed by atoms with E-state index in [1.165, 1.54) is 18.3 Å². The number of nitriles is 2. The summed E-state index contributed by atoms with van der Waals surface area (Å²) in [4.78, 5) is 15.8. The van der Waals surface area contributed by atoms with E-state index >= 15 is 0 Å². The zero-order chi connectivity index (χ0) is 13.7. The number of anilines is 1. The summed E-state index contributed by atoms with van der Waals surface area (Å²) < 4.78 is 0. The predicted molar refractivity (Wildman–Crippen MR) is 68.1 cm³/mol. The van der Waals surface area contributed by atoms with Gasteiger partial charge >= 0.3 is 0 Å². The number of rotatable bonds is 2. The Balaban J connectivity index is 2.16. The highest BCUT2D eigenvalue weighted by Crippen LogP contribution is 2.10. The van der Waals surface area contributed by atoms with Gasteiger partial charge in [0.2, 0.25) is 0 Å². The number of nitrogens with zero attached hydrogens (tertiary/aromatic N) is 3. The summed E-state index contributed by atoms with van der Waals surface area (Å²) in [7, 11) is 0. The Morgan fingerprint density at radius 1 is 1.05 bits per heavy atom. The van der Waals surface area contributed by atoms with Crippen LogP contribution in [0.25, 0.3) is 0 Å². The third kappa shape index (κ3) is 2.93. The first-order valence-corrected chi connectivity index (χ1v) is 5.40. The molecule has 0 aliphatic carbocycles. The number of benzene rings is 1. The summed E-state index contributed by atoms with van der Waals surface area (Å²) >= 11 is 0. The van der Waals surface area contributed by atoms with Gasteiger partial charge in [0, 0.05) is 11.9 Å². The van der Waals surface area contributed by atoms with E-state index in [1.54, 1.807) is 24.3 Å². The number of hydrogen-bond acceptors (Lipinski definition) is 4. The van der Waals surface area contributed by atoms with Crippen LogP contribution in [0.5, 0.6) is 0 Å². The highest BCUT2D eigenvalue weighted by atomic mass is 16.1. The maximum absolute atomic E-state index is 11.9. The van der Waals surface area contributed by atoms with Crippen LogP contribution >= 0.6 is 0 Å². The smallest absolute Gasteiger partial charge is 0.274 e. The molecule has 90 valence electrons. The van der Waals surface area contributed by atoms with Crippen molar-refractivity contribution in [3.8, 4) is 12.1 Å². The molecule has 1 N–H and O–H groups in total. The van der Waals surface area contributed by atoms with Crippen LogP contribution in [0.1, 0.15) is 21.6 Å². The van der Waals surface area contributed by atoms with Crippen LogP contribution in [0.4, 0.5) is 5.69 Å². The fraction of sp³-hybridized carbons (Fsp3) is 0. The van der Waals surface area contributed by atoms with E-state index in [9.17, 15) is 4.79 Å². The Hall–Kier alpha value is -3.18. The van der Waals surface area contributed by atoms with Crippen molar-refractivity contribution in [2.24, 2.45) is 0 Å². The van der Waals surface area contributed by atoms with Gasteiger partial charge in [0.25, 0.3) is 5.91 Å². The molecule has 2 rings (SSSR count). The maximum atomic E-state index is 11.9. The van der Waals surface area contributed by atoms with E-state index in [0.29, 0.717) is 16.8 Å². The molecule has 1 aromatic carbocycles. The summed E-state index contributed by atoms with van der Waals surface area (Å²) in [6.45, 7) is 0. The second-order valence-electron chi connectivity index (χ2n) is 3.68. The van der Waals surface area contributed by atoms with Crippen molar-refractivity contribution >= 4 is 11.6 Å². The summed E-state index contributed by atoms with van der Waals surface area (Å²) in [6.07, 6.45) is 1.41. The molecule has 0 unspecified atom stereocenters. The molecule has 0 fully saturated rings. The van der Waals surface area contributed by atoms with Crippen LogP contribution in [-0.2, 0) is 0 Å². The predicted octanol–water partition coefficient (Wildman–Crippen LogP) is 2.08. The van der Waals surface area contributed by atoms with Gasteiger partial charge in [-0.25, -0.2) is 0 Å².